The van der Waals surface area contributed by atoms with E-state index < -0.39 is 46.3 Å². The van der Waals surface area contributed by atoms with E-state index in [0.29, 0.717) is 30.6 Å². The highest BCUT2D eigenvalue weighted by Crippen LogP contribution is 2.54. The summed E-state index contributed by atoms with van der Waals surface area (Å²) in [6.07, 6.45) is 0.568. The minimum Gasteiger partial charge on any atom is -0.510 e. The van der Waals surface area contributed by atoms with Gasteiger partial charge in [0.2, 0.25) is 5.78 Å². The Bertz CT molecular complexity index is 1460. The van der Waals surface area contributed by atoms with Crippen molar-refractivity contribution in [2.75, 3.05) is 46.2 Å². The van der Waals surface area contributed by atoms with Crippen molar-refractivity contribution in [3.8, 4) is 5.75 Å². The lowest BCUT2D eigenvalue weighted by atomic mass is 9.58. The summed E-state index contributed by atoms with van der Waals surface area (Å²) in [6.45, 7) is 1.08. The predicted molar refractivity (Wildman–Crippen MR) is 155 cm³/mol. The number of phenols is 1. The highest BCUT2D eigenvalue weighted by Gasteiger charge is 2.62. The van der Waals surface area contributed by atoms with E-state index in [1.165, 1.54) is 0 Å². The topological polar surface area (TPSA) is 194 Å². The van der Waals surface area contributed by atoms with Crippen LogP contribution in [0.4, 0.5) is 5.69 Å². The quantitative estimate of drug-likeness (QED) is 0.255. The number of Topliss-reactive ketones (excluding diaryl/α,β-unsaturated/α-hetero) is 1. The van der Waals surface area contributed by atoms with E-state index in [1.807, 2.05) is 19.0 Å². The number of primary amides is 1. The summed E-state index contributed by atoms with van der Waals surface area (Å²) >= 11 is 0. The van der Waals surface area contributed by atoms with E-state index >= 15 is 0 Å². The molecule has 1 aromatic rings. The lowest BCUT2D eigenvalue weighted by Gasteiger charge is -2.50. The number of anilines is 1. The number of nitrogens with zero attached hydrogens (tertiary/aromatic N) is 3. The van der Waals surface area contributed by atoms with Crippen LogP contribution in [0.25, 0.3) is 0 Å². The second-order valence-electron chi connectivity index (χ2n) is 12.7. The van der Waals surface area contributed by atoms with E-state index in [2.05, 4.69) is 0 Å². The normalized spacial score (nSPS) is 33.0. The number of benzene rings is 1. The Morgan fingerprint density at radius 2 is 1.69 bits per heavy atom. The van der Waals surface area contributed by atoms with Crippen molar-refractivity contribution in [1.82, 2.24) is 9.80 Å². The summed E-state index contributed by atoms with van der Waals surface area (Å²) in [5.41, 5.74) is 10.8. The number of hydrogen-bond acceptors (Lipinski definition) is 10. The van der Waals surface area contributed by atoms with Gasteiger partial charge in [0.1, 0.15) is 22.8 Å². The first-order chi connectivity index (χ1) is 19.2. The monoisotopic (exact) mass is 603 g/mol. The van der Waals surface area contributed by atoms with Gasteiger partial charge in [-0.05, 0) is 61.9 Å². The molecule has 2 fully saturated rings. The molecular formula is C29H38ClN5O7. The summed E-state index contributed by atoms with van der Waals surface area (Å²) in [4.78, 5) is 44.4. The van der Waals surface area contributed by atoms with Crippen molar-refractivity contribution in [1.29, 1.82) is 0 Å². The summed E-state index contributed by atoms with van der Waals surface area (Å²) in [7, 11) is 6.98. The second kappa shape index (κ2) is 9.87. The third kappa shape index (κ3) is 3.95. The van der Waals surface area contributed by atoms with E-state index in [-0.39, 0.29) is 66.3 Å². The van der Waals surface area contributed by atoms with Crippen LogP contribution >= 0.6 is 12.4 Å². The number of hydrogen-bond donors (Lipinski definition) is 6. The molecule has 1 heterocycles. The van der Waals surface area contributed by atoms with Crippen LogP contribution in [0.5, 0.6) is 5.75 Å². The number of phenolic OH excluding ortho intramolecular Hbond substituents is 1. The zero-order chi connectivity index (χ0) is 29.9. The van der Waals surface area contributed by atoms with Gasteiger partial charge in [-0.1, -0.05) is 0 Å². The summed E-state index contributed by atoms with van der Waals surface area (Å²) < 4.78 is 0. The number of aliphatic hydroxyl groups excluding tert-OH is 2. The van der Waals surface area contributed by atoms with Crippen LogP contribution in [0.1, 0.15) is 27.9 Å². The van der Waals surface area contributed by atoms with Gasteiger partial charge >= 0.3 is 0 Å². The molecule has 1 saturated carbocycles. The molecule has 0 radical (unpaired) electrons. The molecule has 1 aromatic carbocycles. The maximum atomic E-state index is 13.5. The fourth-order valence-electron chi connectivity index (χ4n) is 7.87. The average Bonchev–Trinajstić information content (AvgIpc) is 3.28. The van der Waals surface area contributed by atoms with Crippen molar-refractivity contribution in [3.63, 3.8) is 0 Å². The van der Waals surface area contributed by atoms with Crippen LogP contribution < -0.4 is 16.4 Å². The molecule has 12 nitrogen and oxygen atoms in total. The third-order valence-electron chi connectivity index (χ3n) is 10.1. The maximum Gasteiger partial charge on any atom is 0.257 e. The van der Waals surface area contributed by atoms with Gasteiger partial charge in [0, 0.05) is 56.8 Å². The summed E-state index contributed by atoms with van der Waals surface area (Å²) in [5, 5.41) is 45.8. The van der Waals surface area contributed by atoms with Crippen molar-refractivity contribution in [3.05, 3.63) is 45.4 Å². The van der Waals surface area contributed by atoms with Crippen LogP contribution in [0.15, 0.2) is 28.7 Å². The number of halogens is 1. The van der Waals surface area contributed by atoms with Crippen LogP contribution in [-0.2, 0) is 22.4 Å². The number of fused-ring (bicyclic) bond motifs is 4. The molecule has 42 heavy (non-hydrogen) atoms. The molecule has 228 valence electrons. The molecule has 0 aromatic heterocycles. The average molecular weight is 604 g/mol. The highest BCUT2D eigenvalue weighted by atomic mass is 35.5. The van der Waals surface area contributed by atoms with Crippen LogP contribution in [0, 0.1) is 23.7 Å². The van der Waals surface area contributed by atoms with Gasteiger partial charge in [0.25, 0.3) is 11.8 Å². The third-order valence-corrected chi connectivity index (χ3v) is 10.1. The van der Waals surface area contributed by atoms with Gasteiger partial charge in [-0.25, -0.2) is 0 Å². The number of aliphatic hydroxyl groups is 3. The molecule has 4 aliphatic carbocycles. The molecule has 2 amide bonds. The number of carbonyl (C=O) groups excluding carboxylic acids is 3. The first-order valence-corrected chi connectivity index (χ1v) is 13.9. The van der Waals surface area contributed by atoms with Gasteiger partial charge in [0.15, 0.2) is 5.60 Å². The molecule has 5 aliphatic rings. The Balaban J connectivity index is 0.00000353. The number of allylic oxidation sites excluding steroid dienone is 1. The van der Waals surface area contributed by atoms with Gasteiger partial charge < -0.3 is 41.7 Å². The molecular weight excluding hydrogens is 566 g/mol. The van der Waals surface area contributed by atoms with Gasteiger partial charge in [-0.2, -0.15) is 0 Å². The molecule has 6 atom stereocenters. The minimum absolute atomic E-state index is 0. The van der Waals surface area contributed by atoms with E-state index in [4.69, 9.17) is 11.5 Å². The van der Waals surface area contributed by atoms with Gasteiger partial charge in [-0.3, -0.25) is 19.3 Å². The Labute approximate surface area is 249 Å². The standard InChI is InChI=1S/C29H37N5O7.ClH/c1-32(2)19-8-15(28(40)34-9-16-17(10-34)21(16)30)23(35)14-7-12-11(5-13(14)19)6-18-22(33(3)4)24(36)20(27(31)39)26(38)29(18,41)25(12)37;/h8,11,16-18,21-22,35-37,41H,5-7,9-10,30H2,1-4H3,(H2,31,39);1H/t11-,16?,17?,18-,21?,22-,29-;/m0./s1. The lowest BCUT2D eigenvalue weighted by molar-refractivity contribution is -0.148. The highest BCUT2D eigenvalue weighted by molar-refractivity contribution is 6.24. The summed E-state index contributed by atoms with van der Waals surface area (Å²) in [6, 6.07) is 0.865. The SMILES string of the molecule is CN(C)c1cc(C(=O)N2CC3C(N)C3C2)c(O)c2c1C[C@H]1C[C@H]3[C@H](N(C)C)C(O)=C(C(N)=O)C(=O)[C@@]3(O)C(O)=C1C2.Cl. The number of piperidine rings is 1. The van der Waals surface area contributed by atoms with Gasteiger partial charge in [-0.15, -0.1) is 12.4 Å². The molecule has 0 bridgehead atoms. The van der Waals surface area contributed by atoms with E-state index in [9.17, 15) is 34.8 Å². The largest absolute Gasteiger partial charge is 0.510 e. The number of nitrogens with two attached hydrogens (primary N) is 2. The number of likely N-dealkylation sites (N-methyl/N-ethyl adjacent to an activating group) is 1. The van der Waals surface area contributed by atoms with Crippen molar-refractivity contribution in [2.45, 2.75) is 36.9 Å². The molecule has 0 spiro atoms. The summed E-state index contributed by atoms with van der Waals surface area (Å²) in [5.74, 6) is -4.68. The first-order valence-electron chi connectivity index (χ1n) is 13.9. The second-order valence-corrected chi connectivity index (χ2v) is 12.7. The molecule has 1 aliphatic heterocycles. The molecule has 1 saturated heterocycles. The Morgan fingerprint density at radius 3 is 2.24 bits per heavy atom. The predicted octanol–water partition coefficient (Wildman–Crippen LogP) is -0.00270. The lowest BCUT2D eigenvalue weighted by Crippen LogP contribution is -2.63. The van der Waals surface area contributed by atoms with Crippen molar-refractivity contribution in [2.24, 2.45) is 35.1 Å². The van der Waals surface area contributed by atoms with Crippen LogP contribution in [0.2, 0.25) is 0 Å². The number of carbonyl (C=O) groups is 3. The first kappa shape index (κ1) is 30.1. The molecule has 13 heteroatoms. The Morgan fingerprint density at radius 1 is 1.07 bits per heavy atom. The number of rotatable bonds is 4. The van der Waals surface area contributed by atoms with Crippen molar-refractivity contribution >= 4 is 35.7 Å². The van der Waals surface area contributed by atoms with Crippen LogP contribution in [0.3, 0.4) is 0 Å². The maximum absolute atomic E-state index is 13.5. The Hall–Kier alpha value is -3.32. The fraction of sp³-hybridized carbons (Fsp3) is 0.552. The number of amides is 2. The van der Waals surface area contributed by atoms with Gasteiger partial charge in [0.05, 0.1) is 11.6 Å². The van der Waals surface area contributed by atoms with Crippen molar-refractivity contribution < 1.29 is 34.8 Å². The van der Waals surface area contributed by atoms with E-state index in [1.54, 1.807) is 30.0 Å². The number of aromatic hydroxyl groups is 1. The fourth-order valence-corrected chi connectivity index (χ4v) is 7.87. The number of likely N-dealkylation sites (tertiary alicyclic amines) is 1. The molecule has 8 N–H and O–H groups in total. The number of ketones is 1. The minimum atomic E-state index is -2.49. The molecule has 6 rings (SSSR count). The van der Waals surface area contributed by atoms with Crippen LogP contribution in [-0.4, -0.2) is 107 Å². The molecule has 2 unspecified atom stereocenters. The Kier molecular flexibility index (Phi) is 7.08. The van der Waals surface area contributed by atoms with E-state index in [0.717, 1.165) is 11.3 Å². The zero-order valence-electron chi connectivity index (χ0n) is 24.0. The smallest absolute Gasteiger partial charge is 0.257 e. The zero-order valence-corrected chi connectivity index (χ0v) is 24.8.